The van der Waals surface area contributed by atoms with Gasteiger partial charge in [-0.1, -0.05) is 75.5 Å². The van der Waals surface area contributed by atoms with Crippen LogP contribution in [0.15, 0.2) is 109 Å². The summed E-state index contributed by atoms with van der Waals surface area (Å²) in [4.78, 5) is 25.1. The molecular formula is C29H30N2O4. The molecule has 4 rings (SSSR count). The molecule has 0 radical (unpaired) electrons. The topological polar surface area (TPSA) is 76.7 Å². The van der Waals surface area contributed by atoms with Gasteiger partial charge in [-0.3, -0.25) is 9.59 Å². The molecule has 2 amide bonds. The van der Waals surface area contributed by atoms with Crippen LogP contribution in [0.25, 0.3) is 0 Å². The van der Waals surface area contributed by atoms with E-state index in [2.05, 4.69) is 10.6 Å². The molecule has 0 fully saturated rings. The van der Waals surface area contributed by atoms with Crippen LogP contribution in [0.2, 0.25) is 0 Å². The molecule has 4 aromatic carbocycles. The van der Waals surface area contributed by atoms with Gasteiger partial charge >= 0.3 is 0 Å². The predicted molar refractivity (Wildman–Crippen MR) is 141 cm³/mol. The summed E-state index contributed by atoms with van der Waals surface area (Å²) in [6.45, 7) is 0. The SMILES string of the molecule is C.C.O=C(CC(=O)Nc1ccccc1Oc1ccccc1)Nc1ccccc1Oc1ccccc1. The van der Waals surface area contributed by atoms with Crippen molar-refractivity contribution in [1.29, 1.82) is 0 Å². The lowest BCUT2D eigenvalue weighted by molar-refractivity contribution is -0.123. The average Bonchev–Trinajstić information content (AvgIpc) is 2.83. The van der Waals surface area contributed by atoms with E-state index in [9.17, 15) is 9.59 Å². The number of rotatable bonds is 8. The van der Waals surface area contributed by atoms with E-state index in [-0.39, 0.29) is 21.3 Å². The quantitative estimate of drug-likeness (QED) is 0.261. The highest BCUT2D eigenvalue weighted by Crippen LogP contribution is 2.30. The van der Waals surface area contributed by atoms with Gasteiger partial charge in [-0.2, -0.15) is 0 Å². The number of para-hydroxylation sites is 6. The van der Waals surface area contributed by atoms with Crippen LogP contribution in [0.4, 0.5) is 11.4 Å². The maximum atomic E-state index is 12.5. The molecule has 0 aliphatic heterocycles. The second-order valence-electron chi connectivity index (χ2n) is 7.10. The van der Waals surface area contributed by atoms with E-state index < -0.39 is 11.8 Å². The Morgan fingerprint density at radius 3 is 1.26 bits per heavy atom. The molecule has 0 aromatic heterocycles. The molecule has 0 atom stereocenters. The average molecular weight is 471 g/mol. The fourth-order valence-electron chi connectivity index (χ4n) is 3.08. The van der Waals surface area contributed by atoms with E-state index in [1.54, 1.807) is 36.4 Å². The Kier molecular flexibility index (Phi) is 10.1. The Morgan fingerprint density at radius 1 is 0.514 bits per heavy atom. The highest BCUT2D eigenvalue weighted by atomic mass is 16.5. The minimum absolute atomic E-state index is 0. The number of carbonyl (C=O) groups excluding carboxylic acids is 2. The summed E-state index contributed by atoms with van der Waals surface area (Å²) < 4.78 is 11.7. The van der Waals surface area contributed by atoms with E-state index in [0.29, 0.717) is 34.4 Å². The Bertz CT molecular complexity index is 1130. The number of hydrogen-bond donors (Lipinski definition) is 2. The Labute approximate surface area is 206 Å². The molecule has 6 nitrogen and oxygen atoms in total. The molecule has 0 aliphatic carbocycles. The first-order chi connectivity index (χ1) is 16.2. The molecule has 0 spiro atoms. The molecule has 0 aliphatic rings. The number of benzene rings is 4. The zero-order valence-corrected chi connectivity index (χ0v) is 17.7. The summed E-state index contributed by atoms with van der Waals surface area (Å²) in [5, 5.41) is 5.49. The van der Waals surface area contributed by atoms with Crippen LogP contribution < -0.4 is 20.1 Å². The highest BCUT2D eigenvalue weighted by molar-refractivity contribution is 6.08. The van der Waals surface area contributed by atoms with Crippen LogP contribution in [0, 0.1) is 0 Å². The lowest BCUT2D eigenvalue weighted by Gasteiger charge is -2.13. The largest absolute Gasteiger partial charge is 0.455 e. The number of anilines is 2. The van der Waals surface area contributed by atoms with Crippen LogP contribution >= 0.6 is 0 Å². The molecule has 0 bridgehead atoms. The van der Waals surface area contributed by atoms with Crippen molar-refractivity contribution in [3.05, 3.63) is 109 Å². The normalized spacial score (nSPS) is 9.60. The van der Waals surface area contributed by atoms with Gasteiger partial charge in [-0.15, -0.1) is 0 Å². The van der Waals surface area contributed by atoms with Crippen LogP contribution in [0.3, 0.4) is 0 Å². The second kappa shape index (κ2) is 13.2. The number of ether oxygens (including phenoxy) is 2. The highest BCUT2D eigenvalue weighted by Gasteiger charge is 2.14. The van der Waals surface area contributed by atoms with Gasteiger partial charge in [0.1, 0.15) is 17.9 Å². The lowest BCUT2D eigenvalue weighted by Crippen LogP contribution is -2.21. The minimum Gasteiger partial charge on any atom is -0.455 e. The Morgan fingerprint density at radius 2 is 0.857 bits per heavy atom. The summed E-state index contributed by atoms with van der Waals surface area (Å²) in [6, 6.07) is 32.6. The standard InChI is InChI=1S/C27H22N2O4.2CH4/c30-26(28-22-15-7-9-17-24(22)32-20-11-3-1-4-12-20)19-27(31)29-23-16-8-10-18-25(23)33-21-13-5-2-6-14-21;;/h1-18H,19H2,(H,28,30)(H,29,31);2*1H4. The third-order valence-electron chi connectivity index (χ3n) is 4.59. The monoisotopic (exact) mass is 470 g/mol. The fraction of sp³-hybridized carbons (Fsp3) is 0.103. The van der Waals surface area contributed by atoms with Gasteiger partial charge in [0.25, 0.3) is 0 Å². The summed E-state index contributed by atoms with van der Waals surface area (Å²) in [5.74, 6) is 1.34. The molecular weight excluding hydrogens is 440 g/mol. The van der Waals surface area contributed by atoms with E-state index in [4.69, 9.17) is 9.47 Å². The number of amides is 2. The Balaban J connectivity index is 0.00000216. The summed E-state index contributed by atoms with van der Waals surface area (Å²) >= 11 is 0. The van der Waals surface area contributed by atoms with Gasteiger partial charge in [-0.25, -0.2) is 0 Å². The molecule has 0 unspecified atom stereocenters. The van der Waals surface area contributed by atoms with Crippen molar-refractivity contribution in [2.45, 2.75) is 21.3 Å². The third-order valence-corrected chi connectivity index (χ3v) is 4.59. The maximum absolute atomic E-state index is 12.5. The molecule has 0 heterocycles. The molecule has 4 aromatic rings. The van der Waals surface area contributed by atoms with Gasteiger partial charge < -0.3 is 20.1 Å². The van der Waals surface area contributed by atoms with Crippen molar-refractivity contribution in [2.75, 3.05) is 10.6 Å². The molecule has 0 saturated carbocycles. The Hall–Kier alpha value is -4.58. The van der Waals surface area contributed by atoms with Crippen molar-refractivity contribution in [2.24, 2.45) is 0 Å². The zero-order chi connectivity index (χ0) is 22.9. The van der Waals surface area contributed by atoms with Crippen LogP contribution in [-0.4, -0.2) is 11.8 Å². The molecule has 2 N–H and O–H groups in total. The van der Waals surface area contributed by atoms with Crippen LogP contribution in [0.5, 0.6) is 23.0 Å². The molecule has 180 valence electrons. The summed E-state index contributed by atoms with van der Waals surface area (Å²) in [6.07, 6.45) is -0.362. The molecule has 0 saturated heterocycles. The van der Waals surface area contributed by atoms with E-state index in [1.165, 1.54) is 0 Å². The third kappa shape index (κ3) is 7.75. The van der Waals surface area contributed by atoms with Gasteiger partial charge in [-0.05, 0) is 48.5 Å². The van der Waals surface area contributed by atoms with E-state index in [1.807, 2.05) is 72.8 Å². The fourth-order valence-corrected chi connectivity index (χ4v) is 3.08. The summed E-state index contributed by atoms with van der Waals surface area (Å²) in [5.41, 5.74) is 0.957. The number of carbonyl (C=O) groups is 2. The maximum Gasteiger partial charge on any atom is 0.233 e. The van der Waals surface area contributed by atoms with E-state index in [0.717, 1.165) is 0 Å². The van der Waals surface area contributed by atoms with Crippen molar-refractivity contribution >= 4 is 23.2 Å². The summed E-state index contributed by atoms with van der Waals surface area (Å²) in [7, 11) is 0. The van der Waals surface area contributed by atoms with E-state index >= 15 is 0 Å². The second-order valence-corrected chi connectivity index (χ2v) is 7.10. The predicted octanol–water partition coefficient (Wildman–Crippen LogP) is 7.51. The molecule has 6 heteroatoms. The minimum atomic E-state index is -0.460. The zero-order valence-electron chi connectivity index (χ0n) is 17.7. The number of nitrogens with one attached hydrogen (secondary N) is 2. The van der Waals surface area contributed by atoms with Crippen LogP contribution in [0.1, 0.15) is 21.3 Å². The van der Waals surface area contributed by atoms with Crippen molar-refractivity contribution in [3.63, 3.8) is 0 Å². The van der Waals surface area contributed by atoms with Gasteiger partial charge in [0.15, 0.2) is 11.5 Å². The van der Waals surface area contributed by atoms with Crippen LogP contribution in [-0.2, 0) is 9.59 Å². The number of hydrogen-bond acceptors (Lipinski definition) is 4. The van der Waals surface area contributed by atoms with Gasteiger partial charge in [0.05, 0.1) is 11.4 Å². The van der Waals surface area contributed by atoms with Crippen molar-refractivity contribution < 1.29 is 19.1 Å². The van der Waals surface area contributed by atoms with Gasteiger partial charge in [0, 0.05) is 0 Å². The lowest BCUT2D eigenvalue weighted by atomic mass is 10.2. The first-order valence-corrected chi connectivity index (χ1v) is 10.4. The first-order valence-electron chi connectivity index (χ1n) is 10.4. The smallest absolute Gasteiger partial charge is 0.233 e. The first kappa shape index (κ1) is 26.7. The molecule has 35 heavy (non-hydrogen) atoms. The van der Waals surface area contributed by atoms with Crippen molar-refractivity contribution in [3.8, 4) is 23.0 Å². The van der Waals surface area contributed by atoms with Crippen molar-refractivity contribution in [1.82, 2.24) is 0 Å². The van der Waals surface area contributed by atoms with Gasteiger partial charge in [0.2, 0.25) is 11.8 Å².